The van der Waals surface area contributed by atoms with Crippen LogP contribution in [-0.4, -0.2) is 72.4 Å². The number of aromatic nitrogens is 1. The lowest BCUT2D eigenvalue weighted by molar-refractivity contribution is 0.0996. The summed E-state index contributed by atoms with van der Waals surface area (Å²) in [5.41, 5.74) is 6.58. The molecule has 1 aromatic heterocycles. The smallest absolute Gasteiger partial charge is 0.319 e. The quantitative estimate of drug-likeness (QED) is 0.348. The van der Waals surface area contributed by atoms with Crippen molar-refractivity contribution in [2.45, 2.75) is 45.6 Å². The zero-order chi connectivity index (χ0) is 25.9. The summed E-state index contributed by atoms with van der Waals surface area (Å²) in [7, 11) is 2.17. The molecule has 3 amide bonds. The number of nitrogens with two attached hydrogens (primary N) is 1. The Bertz CT molecular complexity index is 1010. The average molecular weight is 521 g/mol. The number of hydrogen-bond acceptors (Lipinski definition) is 7. The fourth-order valence-electron chi connectivity index (χ4n) is 4.00. The van der Waals surface area contributed by atoms with Gasteiger partial charge in [-0.1, -0.05) is 31.4 Å². The van der Waals surface area contributed by atoms with Gasteiger partial charge in [0.15, 0.2) is 0 Å². The second-order valence-corrected chi connectivity index (χ2v) is 10.0. The van der Waals surface area contributed by atoms with Gasteiger partial charge in [-0.2, -0.15) is 4.37 Å². The molecule has 4 N–H and O–H groups in total. The molecular formula is C25H37FN6O3S. The largest absolute Gasteiger partial charge is 0.471 e. The number of piperazine rings is 1. The summed E-state index contributed by atoms with van der Waals surface area (Å²) in [4.78, 5) is 29.2. The van der Waals surface area contributed by atoms with Gasteiger partial charge in [0.1, 0.15) is 23.0 Å². The van der Waals surface area contributed by atoms with E-state index in [9.17, 15) is 14.0 Å². The van der Waals surface area contributed by atoms with Crippen molar-refractivity contribution in [3.63, 3.8) is 0 Å². The number of unbranched alkanes of at least 4 members (excludes halogenated alkanes) is 4. The second-order valence-electron chi connectivity index (χ2n) is 9.23. The number of aryl methyl sites for hydroxylation is 1. The molecule has 3 rings (SSSR count). The van der Waals surface area contributed by atoms with Gasteiger partial charge < -0.3 is 25.6 Å². The van der Waals surface area contributed by atoms with E-state index in [1.165, 1.54) is 18.9 Å². The Kier molecular flexibility index (Phi) is 10.9. The number of carbonyl (C=O) groups excluding carboxylic acids is 2. The third-order valence-corrected chi connectivity index (χ3v) is 6.99. The lowest BCUT2D eigenvalue weighted by atomic mass is 10.1. The van der Waals surface area contributed by atoms with Crippen molar-refractivity contribution in [2.75, 3.05) is 51.6 Å². The number of carbonyl (C=O) groups is 2. The molecule has 0 atom stereocenters. The molecular weight excluding hydrogens is 483 g/mol. The molecule has 1 aliphatic heterocycles. The number of anilines is 1. The number of rotatable bonds is 13. The van der Waals surface area contributed by atoms with Crippen LogP contribution in [0.25, 0.3) is 0 Å². The Morgan fingerprint density at radius 1 is 1.14 bits per heavy atom. The maximum absolute atomic E-state index is 14.1. The Labute approximate surface area is 216 Å². The summed E-state index contributed by atoms with van der Waals surface area (Å²) >= 11 is 0.891. The van der Waals surface area contributed by atoms with Crippen molar-refractivity contribution in [1.82, 2.24) is 19.5 Å². The first kappa shape index (κ1) is 27.8. The topological polar surface area (TPSA) is 113 Å². The van der Waals surface area contributed by atoms with Crippen LogP contribution in [0.3, 0.4) is 0 Å². The molecule has 0 aliphatic carbocycles. The molecule has 1 aliphatic rings. The number of ether oxygens (including phenoxy) is 1. The van der Waals surface area contributed by atoms with Gasteiger partial charge in [0, 0.05) is 38.3 Å². The summed E-state index contributed by atoms with van der Waals surface area (Å²) < 4.78 is 23.7. The van der Waals surface area contributed by atoms with Gasteiger partial charge in [-0.3, -0.25) is 10.1 Å². The Balaban J connectivity index is 1.34. The standard InChI is InChI=1S/C25H37FN6O3S/c1-18-8-9-19(20(26)16-18)17-35-23-21(22(27)33)24(36-30-23)29-25(34)28-10-6-4-3-5-7-11-32-14-12-31(2)13-15-32/h8-9,16H,3-7,10-15,17H2,1-2H3,(H2,27,33)(H2,28,29,34). The van der Waals surface area contributed by atoms with E-state index in [0.717, 1.165) is 69.1 Å². The van der Waals surface area contributed by atoms with Crippen molar-refractivity contribution >= 4 is 28.5 Å². The van der Waals surface area contributed by atoms with Crippen LogP contribution in [0.15, 0.2) is 18.2 Å². The van der Waals surface area contributed by atoms with Gasteiger partial charge in [-0.25, -0.2) is 9.18 Å². The van der Waals surface area contributed by atoms with Gasteiger partial charge in [0.25, 0.3) is 5.91 Å². The van der Waals surface area contributed by atoms with Crippen LogP contribution in [0.1, 0.15) is 53.6 Å². The lowest BCUT2D eigenvalue weighted by Crippen LogP contribution is -2.44. The molecule has 0 bridgehead atoms. The molecule has 0 unspecified atom stereocenters. The molecule has 0 radical (unpaired) electrons. The maximum Gasteiger partial charge on any atom is 0.319 e. The van der Waals surface area contributed by atoms with Crippen molar-refractivity contribution in [3.8, 4) is 5.88 Å². The maximum atomic E-state index is 14.1. The monoisotopic (exact) mass is 520 g/mol. The van der Waals surface area contributed by atoms with Crippen molar-refractivity contribution in [1.29, 1.82) is 0 Å². The van der Waals surface area contributed by atoms with Gasteiger partial charge >= 0.3 is 6.03 Å². The van der Waals surface area contributed by atoms with Gasteiger partial charge in [0.05, 0.1) is 0 Å². The van der Waals surface area contributed by atoms with E-state index >= 15 is 0 Å². The number of primary amides is 1. The number of amides is 3. The zero-order valence-corrected chi connectivity index (χ0v) is 22.0. The van der Waals surface area contributed by atoms with Gasteiger partial charge in [-0.15, -0.1) is 0 Å². The highest BCUT2D eigenvalue weighted by atomic mass is 32.1. The summed E-state index contributed by atoms with van der Waals surface area (Å²) in [6.45, 7) is 7.99. The summed E-state index contributed by atoms with van der Waals surface area (Å²) in [5.74, 6) is -1.21. The Morgan fingerprint density at radius 2 is 1.86 bits per heavy atom. The second kappa shape index (κ2) is 14.1. The van der Waals surface area contributed by atoms with Crippen molar-refractivity contribution < 1.29 is 18.7 Å². The number of urea groups is 1. The van der Waals surface area contributed by atoms with Crippen LogP contribution < -0.4 is 21.1 Å². The molecule has 198 valence electrons. The van der Waals surface area contributed by atoms with Crippen molar-refractivity contribution in [2.24, 2.45) is 5.73 Å². The number of nitrogens with zero attached hydrogens (tertiary/aromatic N) is 3. The minimum Gasteiger partial charge on any atom is -0.471 e. The minimum atomic E-state index is -0.782. The van der Waals surface area contributed by atoms with Crippen LogP contribution in [0, 0.1) is 12.7 Å². The normalized spacial score (nSPS) is 14.5. The van der Waals surface area contributed by atoms with Crippen molar-refractivity contribution in [3.05, 3.63) is 40.7 Å². The average Bonchev–Trinajstić information content (AvgIpc) is 3.24. The van der Waals surface area contributed by atoms with E-state index < -0.39 is 17.8 Å². The van der Waals surface area contributed by atoms with Gasteiger partial charge in [-0.05, 0) is 56.5 Å². The van der Waals surface area contributed by atoms with Crippen LogP contribution in [0.4, 0.5) is 14.2 Å². The molecule has 1 fully saturated rings. The number of halogens is 1. The minimum absolute atomic E-state index is 0.0250. The van der Waals surface area contributed by atoms with E-state index in [1.807, 2.05) is 0 Å². The third-order valence-electron chi connectivity index (χ3n) is 6.24. The highest BCUT2D eigenvalue weighted by Crippen LogP contribution is 2.31. The Morgan fingerprint density at radius 3 is 2.58 bits per heavy atom. The number of hydrogen-bond donors (Lipinski definition) is 3. The Hall–Kier alpha value is -2.76. The first-order valence-electron chi connectivity index (χ1n) is 12.5. The fraction of sp³-hybridized carbons (Fsp3) is 0.560. The van der Waals surface area contributed by atoms with Crippen LogP contribution >= 0.6 is 11.5 Å². The molecule has 2 aromatic rings. The first-order valence-corrected chi connectivity index (χ1v) is 13.2. The SMILES string of the molecule is Cc1ccc(COc2nsc(NC(=O)NCCCCCCCN3CCN(C)CC3)c2C(N)=O)c(F)c1. The third kappa shape index (κ3) is 8.72. The van der Waals surface area contributed by atoms with E-state index in [1.54, 1.807) is 19.1 Å². The zero-order valence-electron chi connectivity index (χ0n) is 21.1. The predicted molar refractivity (Wildman–Crippen MR) is 140 cm³/mol. The first-order chi connectivity index (χ1) is 17.3. The van der Waals surface area contributed by atoms with E-state index in [4.69, 9.17) is 10.5 Å². The molecule has 2 heterocycles. The molecule has 1 saturated heterocycles. The van der Waals surface area contributed by atoms with E-state index in [-0.39, 0.29) is 23.1 Å². The number of benzene rings is 1. The van der Waals surface area contributed by atoms with Crippen LogP contribution in [-0.2, 0) is 6.61 Å². The van der Waals surface area contributed by atoms with Crippen LogP contribution in [0.5, 0.6) is 5.88 Å². The summed E-state index contributed by atoms with van der Waals surface area (Å²) in [6.07, 6.45) is 5.46. The lowest BCUT2D eigenvalue weighted by Gasteiger charge is -2.32. The predicted octanol–water partition coefficient (Wildman–Crippen LogP) is 3.59. The molecule has 0 spiro atoms. The fourth-order valence-corrected chi connectivity index (χ4v) is 4.74. The number of nitrogens with one attached hydrogen (secondary N) is 2. The molecule has 36 heavy (non-hydrogen) atoms. The number of likely N-dealkylation sites (N-methyl/N-ethyl adjacent to an activating group) is 1. The van der Waals surface area contributed by atoms with E-state index in [2.05, 4.69) is 31.9 Å². The summed E-state index contributed by atoms with van der Waals surface area (Å²) in [5, 5.41) is 5.62. The van der Waals surface area contributed by atoms with Gasteiger partial charge in [0.2, 0.25) is 5.88 Å². The molecule has 11 heteroatoms. The summed E-state index contributed by atoms with van der Waals surface area (Å²) in [6, 6.07) is 4.35. The van der Waals surface area contributed by atoms with E-state index in [0.29, 0.717) is 12.1 Å². The molecule has 0 saturated carbocycles. The molecule has 9 nitrogen and oxygen atoms in total. The molecule has 1 aromatic carbocycles. The highest BCUT2D eigenvalue weighted by molar-refractivity contribution is 7.11. The van der Waals surface area contributed by atoms with Crippen LogP contribution in [0.2, 0.25) is 0 Å². The highest BCUT2D eigenvalue weighted by Gasteiger charge is 2.22.